The van der Waals surface area contributed by atoms with E-state index in [4.69, 9.17) is 26.2 Å². The van der Waals surface area contributed by atoms with Gasteiger partial charge in [-0.2, -0.15) is 0 Å². The number of halogens is 1. The largest absolute Gasteiger partial charge is 0.456 e. The van der Waals surface area contributed by atoms with Crippen LogP contribution in [0.4, 0.5) is 0 Å². The lowest BCUT2D eigenvalue weighted by molar-refractivity contribution is -0.217. The summed E-state index contributed by atoms with van der Waals surface area (Å²) in [6.45, 7) is 3.85. The van der Waals surface area contributed by atoms with Gasteiger partial charge in [-0.25, -0.2) is 0 Å². The number of hydrogen-bond acceptors (Lipinski definition) is 9. The molecule has 0 bridgehead atoms. The first-order chi connectivity index (χ1) is 15.7. The highest BCUT2D eigenvalue weighted by molar-refractivity contribution is 7.99. The molecule has 0 unspecified atom stereocenters. The number of aliphatic hydroxyl groups excluding tert-OH is 3. The number of hydrogen-bond donors (Lipinski definition) is 5. The van der Waals surface area contributed by atoms with E-state index in [-0.39, 0.29) is 18.6 Å². The molecule has 2 aliphatic heterocycles. The van der Waals surface area contributed by atoms with Crippen LogP contribution >= 0.6 is 23.4 Å². The van der Waals surface area contributed by atoms with Gasteiger partial charge in [0.2, 0.25) is 5.91 Å². The quantitative estimate of drug-likeness (QED) is 0.164. The average molecular weight is 511 g/mol. The topological polar surface area (TPSA) is 137 Å². The summed E-state index contributed by atoms with van der Waals surface area (Å²) < 4.78 is 11.1. The van der Waals surface area contributed by atoms with Crippen molar-refractivity contribution in [2.75, 3.05) is 19.4 Å². The summed E-state index contributed by atoms with van der Waals surface area (Å²) in [5.41, 5.74) is -0.720. The molecule has 0 radical (unpaired) electrons. The highest BCUT2D eigenvalue weighted by Crippen LogP contribution is 2.32. The Morgan fingerprint density at radius 1 is 1.24 bits per heavy atom. The minimum absolute atomic E-state index is 0.205. The third-order valence-corrected chi connectivity index (χ3v) is 7.53. The van der Waals surface area contributed by atoms with Crippen molar-refractivity contribution in [1.29, 1.82) is 0 Å². The predicted octanol–water partition coefficient (Wildman–Crippen LogP) is 0.761. The maximum atomic E-state index is 13.1. The molecule has 2 rings (SSSR count). The van der Waals surface area contributed by atoms with Gasteiger partial charge in [-0.3, -0.25) is 9.59 Å². The van der Waals surface area contributed by atoms with Gasteiger partial charge in [0.1, 0.15) is 23.7 Å². The molecule has 0 aromatic carbocycles. The van der Waals surface area contributed by atoms with Crippen LogP contribution in [0.1, 0.15) is 52.4 Å². The maximum Gasteiger partial charge on any atom is 0.303 e. The highest BCUT2D eigenvalue weighted by Gasteiger charge is 2.50. The van der Waals surface area contributed by atoms with Crippen molar-refractivity contribution < 1.29 is 34.4 Å². The van der Waals surface area contributed by atoms with Crippen molar-refractivity contribution in [3.63, 3.8) is 0 Å². The molecule has 1 amide bonds. The van der Waals surface area contributed by atoms with Crippen molar-refractivity contribution in [2.24, 2.45) is 5.92 Å². The second-order valence-electron chi connectivity index (χ2n) is 8.93. The van der Waals surface area contributed by atoms with Gasteiger partial charge in [-0.1, -0.05) is 12.8 Å². The first kappa shape index (κ1) is 28.6. The van der Waals surface area contributed by atoms with E-state index in [0.717, 1.165) is 38.6 Å². The average Bonchev–Trinajstić information content (AvgIpc) is 3.01. The van der Waals surface area contributed by atoms with Crippen molar-refractivity contribution >= 4 is 35.2 Å². The number of nitrogens with one attached hydrogen (secondary N) is 2. The lowest BCUT2D eigenvalue weighted by Gasteiger charge is -2.45. The van der Waals surface area contributed by atoms with Crippen LogP contribution in [0, 0.1) is 5.92 Å². The zero-order valence-electron chi connectivity index (χ0n) is 19.6. The van der Waals surface area contributed by atoms with E-state index in [0.29, 0.717) is 12.3 Å². The number of aliphatic hydroxyl groups is 3. The number of alkyl halides is 1. The number of carbonyl (C=O) groups is 2. The lowest BCUT2D eigenvalue weighted by Crippen LogP contribution is -2.65. The summed E-state index contributed by atoms with van der Waals surface area (Å²) in [7, 11) is 0. The van der Waals surface area contributed by atoms with Crippen molar-refractivity contribution in [3.05, 3.63) is 0 Å². The van der Waals surface area contributed by atoms with Crippen molar-refractivity contribution in [3.8, 4) is 0 Å². The zero-order chi connectivity index (χ0) is 24.5. The molecule has 0 aromatic rings. The summed E-state index contributed by atoms with van der Waals surface area (Å²) in [5, 5.41) is 36.0. The van der Waals surface area contributed by atoms with Crippen LogP contribution in [0.25, 0.3) is 0 Å². The van der Waals surface area contributed by atoms with Gasteiger partial charge in [0.05, 0.1) is 17.5 Å². The monoisotopic (exact) mass is 510 g/mol. The molecule has 5 N–H and O–H groups in total. The van der Waals surface area contributed by atoms with E-state index in [1.807, 2.05) is 0 Å². The zero-order valence-corrected chi connectivity index (χ0v) is 21.2. The molecular weight excluding hydrogens is 472 g/mol. The summed E-state index contributed by atoms with van der Waals surface area (Å²) in [6, 6.07) is -1.15. The number of thioether (sulfide) groups is 1. The first-order valence-electron chi connectivity index (χ1n) is 11.7. The van der Waals surface area contributed by atoms with E-state index in [2.05, 4.69) is 10.6 Å². The molecule has 11 heteroatoms. The fourth-order valence-corrected chi connectivity index (χ4v) is 5.49. The Hall–Kier alpha value is -0.620. The molecule has 2 aliphatic rings. The standard InChI is InChI=1S/C22H39ClN2O7S/c1-12(23)16(19-17(28)18(29)20(31-13(2)27)22(32-19)33-3)25-21(30)15-8-7-14(9-10-24-15)6-4-5-11-26/h12,14-20,22,24,26,28-29H,4-11H2,1-3H3,(H,25,30)/t12-,14-,15-,16+,17+,18-,19+,20+,22+/m0/s1. The molecule has 0 saturated carbocycles. The molecule has 0 aromatic heterocycles. The van der Waals surface area contributed by atoms with Crippen LogP contribution < -0.4 is 10.6 Å². The minimum atomic E-state index is -1.40. The Morgan fingerprint density at radius 3 is 2.58 bits per heavy atom. The van der Waals surface area contributed by atoms with E-state index >= 15 is 0 Å². The van der Waals surface area contributed by atoms with Crippen LogP contribution in [-0.4, -0.2) is 93.9 Å². The van der Waals surface area contributed by atoms with Gasteiger partial charge in [0.15, 0.2) is 6.10 Å². The van der Waals surface area contributed by atoms with Crippen LogP contribution in [0.5, 0.6) is 0 Å². The van der Waals surface area contributed by atoms with E-state index in [1.54, 1.807) is 13.2 Å². The second kappa shape index (κ2) is 14.1. The number of amides is 1. The molecule has 2 heterocycles. The number of ether oxygens (including phenoxy) is 2. The third-order valence-electron chi connectivity index (χ3n) is 6.42. The van der Waals surface area contributed by atoms with Crippen molar-refractivity contribution in [2.45, 2.75) is 99.7 Å². The molecule has 192 valence electrons. The Morgan fingerprint density at radius 2 is 1.97 bits per heavy atom. The Balaban J connectivity index is 2.03. The predicted molar refractivity (Wildman–Crippen MR) is 127 cm³/mol. The van der Waals surface area contributed by atoms with Gasteiger partial charge in [-0.15, -0.1) is 23.4 Å². The van der Waals surface area contributed by atoms with Crippen LogP contribution in [-0.2, 0) is 19.1 Å². The molecule has 33 heavy (non-hydrogen) atoms. The van der Waals surface area contributed by atoms with Gasteiger partial charge in [0, 0.05) is 13.5 Å². The number of esters is 1. The molecule has 2 fully saturated rings. The molecule has 0 spiro atoms. The number of carbonyl (C=O) groups excluding carboxylic acids is 2. The van der Waals surface area contributed by atoms with E-state index in [9.17, 15) is 19.8 Å². The fraction of sp³-hybridized carbons (Fsp3) is 0.909. The van der Waals surface area contributed by atoms with Gasteiger partial charge in [-0.05, 0) is 51.3 Å². The van der Waals surface area contributed by atoms with Crippen LogP contribution in [0.2, 0.25) is 0 Å². The summed E-state index contributed by atoms with van der Waals surface area (Å²) in [4.78, 5) is 24.5. The Bertz CT molecular complexity index is 628. The fourth-order valence-electron chi connectivity index (χ4n) is 4.56. The third kappa shape index (κ3) is 8.23. The van der Waals surface area contributed by atoms with Crippen LogP contribution in [0.15, 0.2) is 0 Å². The van der Waals surface area contributed by atoms with E-state index in [1.165, 1.54) is 18.7 Å². The molecule has 0 aliphatic carbocycles. The maximum absolute atomic E-state index is 13.1. The normalized spacial score (nSPS) is 34.7. The van der Waals surface area contributed by atoms with Gasteiger partial charge < -0.3 is 35.4 Å². The second-order valence-corrected chi connectivity index (χ2v) is 10.6. The van der Waals surface area contributed by atoms with Gasteiger partial charge >= 0.3 is 5.97 Å². The molecule has 9 nitrogen and oxygen atoms in total. The first-order valence-corrected chi connectivity index (χ1v) is 13.4. The Kier molecular flexibility index (Phi) is 12.2. The van der Waals surface area contributed by atoms with Crippen molar-refractivity contribution in [1.82, 2.24) is 10.6 Å². The molecular formula is C22H39ClN2O7S. The summed E-state index contributed by atoms with van der Waals surface area (Å²) in [5.74, 6) is -0.294. The van der Waals surface area contributed by atoms with Gasteiger partial charge in [0.25, 0.3) is 0 Å². The minimum Gasteiger partial charge on any atom is -0.456 e. The summed E-state index contributed by atoms with van der Waals surface area (Å²) in [6.07, 6.45) is 2.35. The Labute approximate surface area is 205 Å². The highest BCUT2D eigenvalue weighted by atomic mass is 35.5. The van der Waals surface area contributed by atoms with Crippen LogP contribution in [0.3, 0.4) is 0 Å². The SMILES string of the molecule is CS[C@H]1O[C@H]([C@H](NC(=O)[C@@H]2CC[C@H](CCCCO)CCN2)[C@H](C)Cl)[C@H](O)[C@H](O)[C@H]1OC(C)=O. The van der Waals surface area contributed by atoms with E-state index < -0.39 is 47.2 Å². The molecule has 9 atom stereocenters. The number of rotatable bonds is 10. The summed E-state index contributed by atoms with van der Waals surface area (Å²) >= 11 is 7.63. The smallest absolute Gasteiger partial charge is 0.303 e. The molecule has 2 saturated heterocycles. The lowest BCUT2D eigenvalue weighted by atomic mass is 9.92. The number of unbranched alkanes of at least 4 members (excludes halogenated alkanes) is 1.